The standard InChI is InChI=1S/C11H17NO2S/c1-8(12)4-2-3-5-10-9(11(13)14)6-7-15-10/h6-8H,2-5,12H2,1H3,(H,13,14). The van der Waals surface area contributed by atoms with Gasteiger partial charge < -0.3 is 10.8 Å². The highest BCUT2D eigenvalue weighted by Crippen LogP contribution is 2.19. The fourth-order valence-corrected chi connectivity index (χ4v) is 2.39. The first kappa shape index (κ1) is 12.2. The minimum Gasteiger partial charge on any atom is -0.478 e. The number of carbonyl (C=O) groups is 1. The number of aryl methyl sites for hydroxylation is 1. The second-order valence-corrected chi connectivity index (χ2v) is 4.79. The molecule has 0 saturated heterocycles. The fraction of sp³-hybridized carbons (Fsp3) is 0.545. The fourth-order valence-electron chi connectivity index (χ4n) is 1.48. The van der Waals surface area contributed by atoms with Gasteiger partial charge in [-0.05, 0) is 37.6 Å². The molecule has 0 saturated carbocycles. The minimum absolute atomic E-state index is 0.243. The Kier molecular flexibility index (Phi) is 4.78. The summed E-state index contributed by atoms with van der Waals surface area (Å²) in [5, 5.41) is 10.7. The van der Waals surface area contributed by atoms with Gasteiger partial charge in [0.15, 0.2) is 0 Å². The number of nitrogens with two attached hydrogens (primary N) is 1. The van der Waals surface area contributed by atoms with E-state index in [1.807, 2.05) is 12.3 Å². The monoisotopic (exact) mass is 227 g/mol. The molecule has 0 fully saturated rings. The number of hydrogen-bond acceptors (Lipinski definition) is 3. The molecule has 84 valence electrons. The first-order valence-corrected chi connectivity index (χ1v) is 6.04. The van der Waals surface area contributed by atoms with E-state index in [4.69, 9.17) is 10.8 Å². The Bertz CT molecular complexity index is 320. The van der Waals surface area contributed by atoms with Crippen molar-refractivity contribution in [2.75, 3.05) is 0 Å². The number of hydrogen-bond donors (Lipinski definition) is 2. The van der Waals surface area contributed by atoms with Gasteiger partial charge in [-0.25, -0.2) is 4.79 Å². The number of rotatable bonds is 6. The highest BCUT2D eigenvalue weighted by molar-refractivity contribution is 7.10. The number of thiophene rings is 1. The molecule has 15 heavy (non-hydrogen) atoms. The largest absolute Gasteiger partial charge is 0.478 e. The van der Waals surface area contributed by atoms with Crippen LogP contribution in [0.3, 0.4) is 0 Å². The molecule has 1 rings (SSSR count). The average molecular weight is 227 g/mol. The molecule has 3 nitrogen and oxygen atoms in total. The molecular weight excluding hydrogens is 210 g/mol. The third-order valence-electron chi connectivity index (χ3n) is 2.29. The van der Waals surface area contributed by atoms with Crippen LogP contribution in [0.5, 0.6) is 0 Å². The summed E-state index contributed by atoms with van der Waals surface area (Å²) in [4.78, 5) is 11.8. The second kappa shape index (κ2) is 5.88. The molecule has 1 aromatic rings. The van der Waals surface area contributed by atoms with Crippen molar-refractivity contribution < 1.29 is 9.90 Å². The summed E-state index contributed by atoms with van der Waals surface area (Å²) >= 11 is 1.52. The second-order valence-electron chi connectivity index (χ2n) is 3.79. The van der Waals surface area contributed by atoms with E-state index in [2.05, 4.69) is 0 Å². The van der Waals surface area contributed by atoms with E-state index in [9.17, 15) is 4.79 Å². The van der Waals surface area contributed by atoms with Crippen LogP contribution in [-0.4, -0.2) is 17.1 Å². The number of aromatic carboxylic acids is 1. The lowest BCUT2D eigenvalue weighted by Gasteiger charge is -2.04. The molecule has 0 bridgehead atoms. The van der Waals surface area contributed by atoms with Crippen molar-refractivity contribution in [1.29, 1.82) is 0 Å². The summed E-state index contributed by atoms with van der Waals surface area (Å²) in [5.41, 5.74) is 6.10. The molecule has 1 atom stereocenters. The number of unbranched alkanes of at least 4 members (excludes halogenated alkanes) is 1. The summed E-state index contributed by atoms with van der Waals surface area (Å²) in [6, 6.07) is 1.92. The van der Waals surface area contributed by atoms with Crippen molar-refractivity contribution >= 4 is 17.3 Å². The van der Waals surface area contributed by atoms with Crippen LogP contribution in [0.25, 0.3) is 0 Å². The summed E-state index contributed by atoms with van der Waals surface area (Å²) in [7, 11) is 0. The Balaban J connectivity index is 2.37. The number of carboxylic acid groups (broad SMARTS) is 1. The molecule has 0 aliphatic heterocycles. The Hall–Kier alpha value is -0.870. The molecule has 0 amide bonds. The van der Waals surface area contributed by atoms with Gasteiger partial charge in [0, 0.05) is 10.9 Å². The van der Waals surface area contributed by atoms with E-state index in [1.165, 1.54) is 11.3 Å². The molecule has 1 unspecified atom stereocenters. The van der Waals surface area contributed by atoms with Crippen LogP contribution < -0.4 is 5.73 Å². The molecule has 0 aliphatic rings. The molecule has 0 aromatic carbocycles. The van der Waals surface area contributed by atoms with Crippen molar-refractivity contribution in [2.45, 2.75) is 38.6 Å². The van der Waals surface area contributed by atoms with E-state index < -0.39 is 5.97 Å². The van der Waals surface area contributed by atoms with Crippen molar-refractivity contribution in [3.8, 4) is 0 Å². The molecule has 1 heterocycles. The highest BCUT2D eigenvalue weighted by Gasteiger charge is 2.10. The molecule has 1 aromatic heterocycles. The van der Waals surface area contributed by atoms with Gasteiger partial charge in [0.2, 0.25) is 0 Å². The van der Waals surface area contributed by atoms with Crippen LogP contribution >= 0.6 is 11.3 Å². The summed E-state index contributed by atoms with van der Waals surface area (Å²) in [6.45, 7) is 1.99. The van der Waals surface area contributed by atoms with E-state index in [0.29, 0.717) is 5.56 Å². The lowest BCUT2D eigenvalue weighted by Crippen LogP contribution is -2.14. The SMILES string of the molecule is CC(N)CCCCc1sccc1C(=O)O. The zero-order chi connectivity index (χ0) is 11.3. The Morgan fingerprint density at radius 3 is 2.93 bits per heavy atom. The first-order valence-electron chi connectivity index (χ1n) is 5.16. The van der Waals surface area contributed by atoms with Crippen LogP contribution in [0.2, 0.25) is 0 Å². The zero-order valence-corrected chi connectivity index (χ0v) is 9.72. The lowest BCUT2D eigenvalue weighted by atomic mass is 10.1. The van der Waals surface area contributed by atoms with Crippen LogP contribution in [0.15, 0.2) is 11.4 Å². The van der Waals surface area contributed by atoms with Gasteiger partial charge in [0.25, 0.3) is 0 Å². The smallest absolute Gasteiger partial charge is 0.336 e. The van der Waals surface area contributed by atoms with Gasteiger partial charge in [-0.1, -0.05) is 6.42 Å². The predicted octanol–water partition coefficient (Wildman–Crippen LogP) is 2.51. The zero-order valence-electron chi connectivity index (χ0n) is 8.90. The van der Waals surface area contributed by atoms with Crippen LogP contribution in [-0.2, 0) is 6.42 Å². The average Bonchev–Trinajstić information content (AvgIpc) is 2.60. The van der Waals surface area contributed by atoms with Gasteiger partial charge in [0.05, 0.1) is 5.56 Å². The van der Waals surface area contributed by atoms with Crippen molar-refractivity contribution in [3.05, 3.63) is 21.9 Å². The topological polar surface area (TPSA) is 63.3 Å². The van der Waals surface area contributed by atoms with Gasteiger partial charge in [-0.15, -0.1) is 11.3 Å². The van der Waals surface area contributed by atoms with Crippen molar-refractivity contribution in [3.63, 3.8) is 0 Å². The Morgan fingerprint density at radius 1 is 1.60 bits per heavy atom. The number of carboxylic acids is 1. The highest BCUT2D eigenvalue weighted by atomic mass is 32.1. The third-order valence-corrected chi connectivity index (χ3v) is 3.27. The molecule has 3 N–H and O–H groups in total. The summed E-state index contributed by atoms with van der Waals surface area (Å²) < 4.78 is 0. The van der Waals surface area contributed by atoms with Crippen LogP contribution in [0.4, 0.5) is 0 Å². The van der Waals surface area contributed by atoms with Gasteiger partial charge in [-0.2, -0.15) is 0 Å². The molecule has 0 radical (unpaired) electrons. The van der Waals surface area contributed by atoms with E-state index in [1.54, 1.807) is 6.07 Å². The normalized spacial score (nSPS) is 12.7. The van der Waals surface area contributed by atoms with Gasteiger partial charge in [-0.3, -0.25) is 0 Å². The Labute approximate surface area is 93.9 Å². The molecule has 0 spiro atoms. The van der Waals surface area contributed by atoms with Crippen molar-refractivity contribution in [1.82, 2.24) is 0 Å². The van der Waals surface area contributed by atoms with Crippen molar-refractivity contribution in [2.24, 2.45) is 5.73 Å². The predicted molar refractivity (Wildman–Crippen MR) is 62.5 cm³/mol. The van der Waals surface area contributed by atoms with E-state index in [-0.39, 0.29) is 6.04 Å². The van der Waals surface area contributed by atoms with Crippen LogP contribution in [0.1, 0.15) is 41.4 Å². The first-order chi connectivity index (χ1) is 7.11. The van der Waals surface area contributed by atoms with Gasteiger partial charge in [0.1, 0.15) is 0 Å². The maximum absolute atomic E-state index is 10.8. The van der Waals surface area contributed by atoms with E-state index in [0.717, 1.165) is 30.6 Å². The van der Waals surface area contributed by atoms with Gasteiger partial charge >= 0.3 is 5.97 Å². The Morgan fingerprint density at radius 2 is 2.33 bits per heavy atom. The summed E-state index contributed by atoms with van der Waals surface area (Å²) in [5.74, 6) is -0.821. The lowest BCUT2D eigenvalue weighted by molar-refractivity contribution is 0.0696. The maximum atomic E-state index is 10.8. The van der Waals surface area contributed by atoms with Crippen LogP contribution in [0, 0.1) is 0 Å². The third kappa shape index (κ3) is 4.01. The quantitative estimate of drug-likeness (QED) is 0.734. The molecular formula is C11H17NO2S. The summed E-state index contributed by atoms with van der Waals surface area (Å²) in [6.07, 6.45) is 3.94. The molecule has 4 heteroatoms. The minimum atomic E-state index is -0.821. The maximum Gasteiger partial charge on any atom is 0.336 e. The van der Waals surface area contributed by atoms with E-state index >= 15 is 0 Å². The molecule has 0 aliphatic carbocycles.